The van der Waals surface area contributed by atoms with Crippen molar-refractivity contribution in [2.75, 3.05) is 7.11 Å². The monoisotopic (exact) mass is 168 g/mol. The summed E-state index contributed by atoms with van der Waals surface area (Å²) >= 11 is 0. The molecule has 0 fully saturated rings. The van der Waals surface area contributed by atoms with Gasteiger partial charge in [-0.1, -0.05) is 0 Å². The summed E-state index contributed by atoms with van der Waals surface area (Å²) < 4.78 is 17.8. The van der Waals surface area contributed by atoms with Crippen LogP contribution in [0.1, 0.15) is 15.9 Å². The van der Waals surface area contributed by atoms with Crippen molar-refractivity contribution < 1.29 is 13.9 Å². The van der Waals surface area contributed by atoms with Crippen LogP contribution in [0.5, 0.6) is 5.75 Å². The third-order valence-electron chi connectivity index (χ3n) is 1.64. The molecule has 1 rings (SSSR count). The molecule has 0 saturated carbocycles. The number of carbonyl (C=O) groups is 1. The van der Waals surface area contributed by atoms with E-state index in [2.05, 4.69) is 0 Å². The third-order valence-corrected chi connectivity index (χ3v) is 1.64. The molecule has 2 nitrogen and oxygen atoms in total. The summed E-state index contributed by atoms with van der Waals surface area (Å²) in [6.45, 7) is 1.76. The Kier molecular flexibility index (Phi) is 2.43. The summed E-state index contributed by atoms with van der Waals surface area (Å²) in [7, 11) is 1.46. The van der Waals surface area contributed by atoms with Gasteiger partial charge in [-0.05, 0) is 18.6 Å². The van der Waals surface area contributed by atoms with Crippen molar-refractivity contribution in [1.82, 2.24) is 0 Å². The van der Waals surface area contributed by atoms with Crippen molar-refractivity contribution in [2.45, 2.75) is 6.92 Å². The molecular weight excluding hydrogens is 159 g/mol. The highest BCUT2D eigenvalue weighted by Crippen LogP contribution is 2.20. The van der Waals surface area contributed by atoms with Gasteiger partial charge in [-0.3, -0.25) is 4.79 Å². The fourth-order valence-corrected chi connectivity index (χ4v) is 0.996. The van der Waals surface area contributed by atoms with Gasteiger partial charge in [0.15, 0.2) is 6.29 Å². The molecule has 0 aliphatic rings. The molecule has 0 aliphatic carbocycles. The van der Waals surface area contributed by atoms with E-state index >= 15 is 0 Å². The van der Waals surface area contributed by atoms with E-state index in [1.54, 1.807) is 6.92 Å². The number of aryl methyl sites for hydroxylation is 1. The number of ether oxygens (including phenoxy) is 1. The first-order chi connectivity index (χ1) is 5.69. The molecule has 0 aromatic heterocycles. The Balaban J connectivity index is 3.25. The van der Waals surface area contributed by atoms with Gasteiger partial charge in [0.1, 0.15) is 11.6 Å². The summed E-state index contributed by atoms with van der Waals surface area (Å²) in [6, 6.07) is 2.67. The standard InChI is InChI=1S/C9H9FO2/c1-6-3-7(5-11)8(10)4-9(6)12-2/h3-5H,1-2H3. The second kappa shape index (κ2) is 3.34. The van der Waals surface area contributed by atoms with E-state index in [9.17, 15) is 9.18 Å². The van der Waals surface area contributed by atoms with Gasteiger partial charge in [-0.2, -0.15) is 0 Å². The largest absolute Gasteiger partial charge is 0.496 e. The lowest BCUT2D eigenvalue weighted by atomic mass is 10.1. The molecule has 0 heterocycles. The number of hydrogen-bond donors (Lipinski definition) is 0. The first-order valence-corrected chi connectivity index (χ1v) is 3.48. The molecule has 0 N–H and O–H groups in total. The maximum absolute atomic E-state index is 12.9. The fraction of sp³-hybridized carbons (Fsp3) is 0.222. The molecule has 0 unspecified atom stereocenters. The van der Waals surface area contributed by atoms with Crippen LogP contribution >= 0.6 is 0 Å². The Labute approximate surface area is 70.0 Å². The van der Waals surface area contributed by atoms with Crippen molar-refractivity contribution >= 4 is 6.29 Å². The van der Waals surface area contributed by atoms with Crippen LogP contribution in [0.2, 0.25) is 0 Å². The maximum Gasteiger partial charge on any atom is 0.153 e. The van der Waals surface area contributed by atoms with E-state index in [1.165, 1.54) is 19.2 Å². The van der Waals surface area contributed by atoms with E-state index in [1.807, 2.05) is 0 Å². The lowest BCUT2D eigenvalue weighted by molar-refractivity contribution is 0.111. The number of halogens is 1. The normalized spacial score (nSPS) is 9.58. The smallest absolute Gasteiger partial charge is 0.153 e. The Morgan fingerprint density at radius 1 is 1.50 bits per heavy atom. The number of hydrogen-bond acceptors (Lipinski definition) is 2. The third kappa shape index (κ3) is 1.44. The maximum atomic E-state index is 12.9. The van der Waals surface area contributed by atoms with Gasteiger partial charge >= 0.3 is 0 Å². The van der Waals surface area contributed by atoms with Gasteiger partial charge in [-0.15, -0.1) is 0 Å². The average molecular weight is 168 g/mol. The molecule has 12 heavy (non-hydrogen) atoms. The molecule has 0 saturated heterocycles. The Hall–Kier alpha value is -1.38. The number of carbonyl (C=O) groups excluding carboxylic acids is 1. The molecular formula is C9H9FO2. The van der Waals surface area contributed by atoms with Crippen LogP contribution in [-0.2, 0) is 0 Å². The van der Waals surface area contributed by atoms with Gasteiger partial charge in [0.25, 0.3) is 0 Å². The first-order valence-electron chi connectivity index (χ1n) is 3.48. The SMILES string of the molecule is COc1cc(F)c(C=O)cc1C. The van der Waals surface area contributed by atoms with Crippen molar-refractivity contribution in [2.24, 2.45) is 0 Å². The molecule has 0 amide bonds. The highest BCUT2D eigenvalue weighted by Gasteiger charge is 2.05. The van der Waals surface area contributed by atoms with Crippen LogP contribution in [0.15, 0.2) is 12.1 Å². The minimum absolute atomic E-state index is 0.0632. The van der Waals surface area contributed by atoms with Crippen LogP contribution in [0, 0.1) is 12.7 Å². The van der Waals surface area contributed by atoms with E-state index in [0.29, 0.717) is 12.0 Å². The van der Waals surface area contributed by atoms with Crippen LogP contribution in [-0.4, -0.2) is 13.4 Å². The lowest BCUT2D eigenvalue weighted by Crippen LogP contribution is -1.93. The zero-order valence-corrected chi connectivity index (χ0v) is 6.93. The molecule has 0 spiro atoms. The highest BCUT2D eigenvalue weighted by atomic mass is 19.1. The van der Waals surface area contributed by atoms with Gasteiger partial charge in [0.05, 0.1) is 12.7 Å². The van der Waals surface area contributed by atoms with Crippen LogP contribution in [0.3, 0.4) is 0 Å². The zero-order chi connectivity index (χ0) is 9.14. The Bertz CT molecular complexity index is 308. The Morgan fingerprint density at radius 3 is 2.67 bits per heavy atom. The molecule has 0 bridgehead atoms. The predicted octanol–water partition coefficient (Wildman–Crippen LogP) is 1.96. The minimum atomic E-state index is -0.549. The average Bonchev–Trinajstić information content (AvgIpc) is 2.08. The fourth-order valence-electron chi connectivity index (χ4n) is 0.996. The minimum Gasteiger partial charge on any atom is -0.496 e. The molecule has 64 valence electrons. The van der Waals surface area contributed by atoms with Crippen molar-refractivity contribution in [3.63, 3.8) is 0 Å². The Morgan fingerprint density at radius 2 is 2.17 bits per heavy atom. The number of benzene rings is 1. The van der Waals surface area contributed by atoms with Crippen LogP contribution in [0.25, 0.3) is 0 Å². The van der Waals surface area contributed by atoms with Crippen molar-refractivity contribution in [3.8, 4) is 5.75 Å². The van der Waals surface area contributed by atoms with Crippen molar-refractivity contribution in [1.29, 1.82) is 0 Å². The van der Waals surface area contributed by atoms with Crippen LogP contribution in [0.4, 0.5) is 4.39 Å². The summed E-state index contributed by atoms with van der Waals surface area (Å²) in [4.78, 5) is 10.3. The highest BCUT2D eigenvalue weighted by molar-refractivity contribution is 5.76. The molecule has 3 heteroatoms. The molecule has 1 aromatic carbocycles. The van der Waals surface area contributed by atoms with E-state index in [-0.39, 0.29) is 5.56 Å². The second-order valence-corrected chi connectivity index (χ2v) is 2.46. The summed E-state index contributed by atoms with van der Waals surface area (Å²) in [5.74, 6) is -0.0921. The zero-order valence-electron chi connectivity index (χ0n) is 6.93. The van der Waals surface area contributed by atoms with E-state index < -0.39 is 5.82 Å². The first kappa shape index (κ1) is 8.71. The summed E-state index contributed by atoms with van der Waals surface area (Å²) in [5, 5.41) is 0. The predicted molar refractivity (Wildman–Crippen MR) is 43.1 cm³/mol. The number of methoxy groups -OCH3 is 1. The second-order valence-electron chi connectivity index (χ2n) is 2.46. The van der Waals surface area contributed by atoms with Gasteiger partial charge in [0.2, 0.25) is 0 Å². The quantitative estimate of drug-likeness (QED) is 0.631. The van der Waals surface area contributed by atoms with E-state index in [4.69, 9.17) is 4.74 Å². The lowest BCUT2D eigenvalue weighted by Gasteiger charge is -2.04. The van der Waals surface area contributed by atoms with Gasteiger partial charge < -0.3 is 4.74 Å². The molecule has 0 radical (unpaired) electrons. The molecule has 1 aromatic rings. The molecule has 0 aliphatic heterocycles. The number of rotatable bonds is 2. The van der Waals surface area contributed by atoms with Crippen LogP contribution < -0.4 is 4.74 Å². The summed E-state index contributed by atoms with van der Waals surface area (Å²) in [5.41, 5.74) is 0.814. The topological polar surface area (TPSA) is 26.3 Å². The summed E-state index contributed by atoms with van der Waals surface area (Å²) in [6.07, 6.45) is 0.488. The van der Waals surface area contributed by atoms with Gasteiger partial charge in [-0.25, -0.2) is 4.39 Å². The van der Waals surface area contributed by atoms with Gasteiger partial charge in [0, 0.05) is 6.07 Å². The van der Waals surface area contributed by atoms with Crippen molar-refractivity contribution in [3.05, 3.63) is 29.1 Å². The molecule has 0 atom stereocenters. The number of aldehydes is 1. The van der Waals surface area contributed by atoms with E-state index in [0.717, 1.165) is 5.56 Å².